The molecule has 1 atom stereocenters. The minimum atomic E-state index is -0.399. The van der Waals surface area contributed by atoms with Gasteiger partial charge in [0.2, 0.25) is 5.89 Å². The first-order valence-electron chi connectivity index (χ1n) is 6.97. The lowest BCUT2D eigenvalue weighted by molar-refractivity contribution is 0.0165. The van der Waals surface area contributed by atoms with Crippen LogP contribution in [-0.4, -0.2) is 59.1 Å². The highest BCUT2D eigenvalue weighted by Crippen LogP contribution is 2.25. The highest BCUT2D eigenvalue weighted by molar-refractivity contribution is 4.97. The zero-order valence-corrected chi connectivity index (χ0v) is 11.7. The maximum absolute atomic E-state index is 9.81. The summed E-state index contributed by atoms with van der Waals surface area (Å²) >= 11 is 0. The molecular weight excluding hydrogens is 246 g/mol. The van der Waals surface area contributed by atoms with Crippen LogP contribution in [0.1, 0.15) is 37.4 Å². The Morgan fingerprint density at radius 1 is 1.47 bits per heavy atom. The number of rotatable bonds is 6. The minimum absolute atomic E-state index is 0.387. The monoisotopic (exact) mass is 269 g/mol. The van der Waals surface area contributed by atoms with Crippen LogP contribution < -0.4 is 0 Å². The summed E-state index contributed by atoms with van der Waals surface area (Å²) in [7, 11) is 0. The van der Waals surface area contributed by atoms with Gasteiger partial charge in [0, 0.05) is 26.0 Å². The molecule has 1 aromatic rings. The van der Waals surface area contributed by atoms with E-state index < -0.39 is 6.10 Å². The molecule has 2 heterocycles. The second kappa shape index (κ2) is 6.98. The number of likely N-dealkylation sites (tertiary alicyclic amines) is 1. The molecule has 0 aliphatic carbocycles. The van der Waals surface area contributed by atoms with Crippen LogP contribution in [0.4, 0.5) is 0 Å². The largest absolute Gasteiger partial charge is 0.389 e. The van der Waals surface area contributed by atoms with Crippen molar-refractivity contribution in [1.82, 2.24) is 15.0 Å². The first-order valence-corrected chi connectivity index (χ1v) is 6.97. The minimum Gasteiger partial charge on any atom is -0.389 e. The zero-order chi connectivity index (χ0) is 13.7. The highest BCUT2D eigenvalue weighted by Gasteiger charge is 2.25. The number of piperidine rings is 1. The van der Waals surface area contributed by atoms with Crippen LogP contribution >= 0.6 is 0 Å². The van der Waals surface area contributed by atoms with Crippen LogP contribution in [0, 0.1) is 6.92 Å². The number of aromatic nitrogens is 2. The predicted molar refractivity (Wildman–Crippen MR) is 69.9 cm³/mol. The molecule has 0 spiro atoms. The maximum atomic E-state index is 9.81. The smallest absolute Gasteiger partial charge is 0.223 e. The fraction of sp³-hybridized carbons (Fsp3) is 0.846. The van der Waals surface area contributed by atoms with Gasteiger partial charge >= 0.3 is 0 Å². The van der Waals surface area contributed by atoms with Crippen LogP contribution in [0.15, 0.2) is 4.52 Å². The molecule has 1 aliphatic rings. The summed E-state index contributed by atoms with van der Waals surface area (Å²) in [5, 5.41) is 13.8. The Hall–Kier alpha value is -0.980. The van der Waals surface area contributed by atoms with Gasteiger partial charge < -0.3 is 19.3 Å². The van der Waals surface area contributed by atoms with Crippen molar-refractivity contribution in [3.8, 4) is 0 Å². The van der Waals surface area contributed by atoms with Gasteiger partial charge in [0.05, 0.1) is 12.7 Å². The van der Waals surface area contributed by atoms with Crippen LogP contribution in [0.3, 0.4) is 0 Å². The van der Waals surface area contributed by atoms with Gasteiger partial charge in [-0.15, -0.1) is 0 Å². The van der Waals surface area contributed by atoms with E-state index >= 15 is 0 Å². The number of hydrogen-bond acceptors (Lipinski definition) is 6. The summed E-state index contributed by atoms with van der Waals surface area (Å²) in [6, 6.07) is 0. The number of ether oxygens (including phenoxy) is 1. The van der Waals surface area contributed by atoms with Gasteiger partial charge in [-0.25, -0.2) is 0 Å². The molecule has 6 heteroatoms. The van der Waals surface area contributed by atoms with E-state index in [0.717, 1.165) is 31.8 Å². The van der Waals surface area contributed by atoms with Gasteiger partial charge in [0.15, 0.2) is 5.82 Å². The van der Waals surface area contributed by atoms with E-state index in [1.807, 2.05) is 13.8 Å². The van der Waals surface area contributed by atoms with Crippen molar-refractivity contribution in [1.29, 1.82) is 0 Å². The van der Waals surface area contributed by atoms with Crippen LogP contribution in [0.5, 0.6) is 0 Å². The predicted octanol–water partition coefficient (Wildman–Crippen LogP) is 0.955. The third-order valence-electron chi connectivity index (χ3n) is 3.48. The Morgan fingerprint density at radius 2 is 2.21 bits per heavy atom. The summed E-state index contributed by atoms with van der Waals surface area (Å²) in [6.07, 6.45) is 1.63. The van der Waals surface area contributed by atoms with Crippen molar-refractivity contribution >= 4 is 0 Å². The van der Waals surface area contributed by atoms with Crippen LogP contribution in [-0.2, 0) is 4.74 Å². The summed E-state index contributed by atoms with van der Waals surface area (Å²) in [5.41, 5.74) is 0. The Morgan fingerprint density at radius 3 is 2.79 bits per heavy atom. The molecule has 19 heavy (non-hydrogen) atoms. The quantitative estimate of drug-likeness (QED) is 0.829. The van der Waals surface area contributed by atoms with Crippen LogP contribution in [0.2, 0.25) is 0 Å². The average molecular weight is 269 g/mol. The van der Waals surface area contributed by atoms with Crippen molar-refractivity contribution in [2.24, 2.45) is 0 Å². The van der Waals surface area contributed by atoms with E-state index in [1.54, 1.807) is 0 Å². The molecule has 108 valence electrons. The van der Waals surface area contributed by atoms with Gasteiger partial charge in [0.1, 0.15) is 0 Å². The molecule has 1 N–H and O–H groups in total. The third-order valence-corrected chi connectivity index (χ3v) is 3.48. The molecule has 6 nitrogen and oxygen atoms in total. The molecule has 0 bridgehead atoms. The maximum Gasteiger partial charge on any atom is 0.223 e. The Balaban J connectivity index is 1.73. The van der Waals surface area contributed by atoms with Gasteiger partial charge in [-0.2, -0.15) is 4.98 Å². The zero-order valence-electron chi connectivity index (χ0n) is 11.7. The van der Waals surface area contributed by atoms with E-state index in [0.29, 0.717) is 31.6 Å². The molecule has 1 saturated heterocycles. The number of nitrogens with zero attached hydrogens (tertiary/aromatic N) is 3. The number of aliphatic hydroxyl groups excluding tert-OH is 1. The Bertz CT molecular complexity index is 375. The summed E-state index contributed by atoms with van der Waals surface area (Å²) in [4.78, 5) is 6.57. The van der Waals surface area contributed by atoms with Gasteiger partial charge in [0.25, 0.3) is 0 Å². The fourth-order valence-corrected chi connectivity index (χ4v) is 2.46. The number of aliphatic hydroxyl groups is 1. The Kier molecular flexibility index (Phi) is 5.30. The van der Waals surface area contributed by atoms with E-state index in [4.69, 9.17) is 9.26 Å². The Labute approximate surface area is 113 Å². The van der Waals surface area contributed by atoms with Crippen molar-refractivity contribution in [3.05, 3.63) is 11.7 Å². The van der Waals surface area contributed by atoms with E-state index in [9.17, 15) is 5.11 Å². The molecule has 1 unspecified atom stereocenters. The van der Waals surface area contributed by atoms with Gasteiger partial charge in [-0.05, 0) is 32.9 Å². The SMILES string of the molecule is CCOCC(O)CN1CCC(c2noc(C)n2)CC1. The van der Waals surface area contributed by atoms with Crippen LogP contribution in [0.25, 0.3) is 0 Å². The first-order chi connectivity index (χ1) is 9.19. The molecular formula is C13H23N3O3. The second-order valence-electron chi connectivity index (χ2n) is 5.06. The second-order valence-corrected chi connectivity index (χ2v) is 5.06. The molecule has 0 saturated carbocycles. The number of hydrogen-bond donors (Lipinski definition) is 1. The van der Waals surface area contributed by atoms with Gasteiger partial charge in [-0.1, -0.05) is 5.16 Å². The van der Waals surface area contributed by atoms with Gasteiger partial charge in [-0.3, -0.25) is 0 Å². The molecule has 2 rings (SSSR count). The molecule has 1 fully saturated rings. The lowest BCUT2D eigenvalue weighted by atomic mass is 9.96. The normalized spacial score (nSPS) is 19.7. The standard InChI is InChI=1S/C13H23N3O3/c1-3-18-9-12(17)8-16-6-4-11(5-7-16)13-14-10(2)19-15-13/h11-12,17H,3-9H2,1-2H3. The fourth-order valence-electron chi connectivity index (χ4n) is 2.46. The average Bonchev–Trinajstić information content (AvgIpc) is 2.84. The van der Waals surface area contributed by atoms with E-state index in [1.165, 1.54) is 0 Å². The van der Waals surface area contributed by atoms with Crippen molar-refractivity contribution in [2.75, 3.05) is 32.8 Å². The molecule has 0 amide bonds. The molecule has 1 aromatic heterocycles. The lowest BCUT2D eigenvalue weighted by Gasteiger charge is -2.31. The third kappa shape index (κ3) is 4.26. The molecule has 0 aromatic carbocycles. The summed E-state index contributed by atoms with van der Waals surface area (Å²) in [6.45, 7) is 7.42. The topological polar surface area (TPSA) is 71.6 Å². The lowest BCUT2D eigenvalue weighted by Crippen LogP contribution is -2.40. The molecule has 0 radical (unpaired) electrons. The van der Waals surface area contributed by atoms with Crippen molar-refractivity contribution in [2.45, 2.75) is 38.7 Å². The number of β-amino-alcohol motifs (C(OH)–C–C–N with tert-alkyl or cyclic N) is 1. The van der Waals surface area contributed by atoms with Crippen molar-refractivity contribution < 1.29 is 14.4 Å². The van der Waals surface area contributed by atoms with E-state index in [2.05, 4.69) is 15.0 Å². The highest BCUT2D eigenvalue weighted by atomic mass is 16.5. The summed E-state index contributed by atoms with van der Waals surface area (Å²) in [5.74, 6) is 1.84. The van der Waals surface area contributed by atoms with Crippen molar-refractivity contribution in [3.63, 3.8) is 0 Å². The summed E-state index contributed by atoms with van der Waals surface area (Å²) < 4.78 is 10.2. The van der Waals surface area contributed by atoms with E-state index in [-0.39, 0.29) is 0 Å². The first kappa shape index (κ1) is 14.4. The number of aryl methyl sites for hydroxylation is 1. The molecule has 1 aliphatic heterocycles.